The molecule has 0 saturated carbocycles. The Morgan fingerprint density at radius 1 is 1.03 bits per heavy atom. The summed E-state index contributed by atoms with van der Waals surface area (Å²) in [5, 5.41) is 13.0. The van der Waals surface area contributed by atoms with Crippen LogP contribution in [0.3, 0.4) is 0 Å². The van der Waals surface area contributed by atoms with E-state index >= 15 is 0 Å². The van der Waals surface area contributed by atoms with Crippen LogP contribution in [0.15, 0.2) is 59.4 Å². The molecule has 0 aliphatic heterocycles. The van der Waals surface area contributed by atoms with Gasteiger partial charge in [0.25, 0.3) is 5.91 Å². The first-order valence-corrected chi connectivity index (χ1v) is 10.7. The largest absolute Gasteiger partial charge is 0.480 e. The third kappa shape index (κ3) is 6.04. The molecule has 0 bridgehead atoms. The van der Waals surface area contributed by atoms with Crippen molar-refractivity contribution in [3.8, 4) is 0 Å². The summed E-state index contributed by atoms with van der Waals surface area (Å²) in [4.78, 5) is 39.2. The smallest absolute Gasteiger partial charge is 0.326 e. The molecule has 0 spiro atoms. The normalized spacial score (nSPS) is 11.9. The second kappa shape index (κ2) is 10.6. The zero-order valence-corrected chi connectivity index (χ0v) is 17.7. The number of carbonyl (C=O) groups is 2. The molecule has 1 atom stereocenters. The molecule has 3 N–H and O–H groups in total. The molecule has 6 nitrogen and oxygen atoms in total. The maximum absolute atomic E-state index is 12.6. The number of H-pyrrole nitrogens is 1. The summed E-state index contributed by atoms with van der Waals surface area (Å²) >= 11 is 0. The number of pyridine rings is 1. The maximum atomic E-state index is 12.6. The number of unbranched alkanes of at least 4 members (excludes halogenated alkanes) is 3. The van der Waals surface area contributed by atoms with Crippen LogP contribution in [0, 0.1) is 0 Å². The highest BCUT2D eigenvalue weighted by Crippen LogP contribution is 2.17. The predicted molar refractivity (Wildman–Crippen MR) is 121 cm³/mol. The summed E-state index contributed by atoms with van der Waals surface area (Å²) < 4.78 is 0. The van der Waals surface area contributed by atoms with Crippen LogP contribution in [0.1, 0.15) is 54.1 Å². The van der Waals surface area contributed by atoms with Crippen molar-refractivity contribution in [1.29, 1.82) is 0 Å². The lowest BCUT2D eigenvalue weighted by atomic mass is 10.0. The van der Waals surface area contributed by atoms with E-state index in [1.54, 1.807) is 24.3 Å². The van der Waals surface area contributed by atoms with Gasteiger partial charge in [-0.15, -0.1) is 0 Å². The van der Waals surface area contributed by atoms with Gasteiger partial charge in [0.15, 0.2) is 0 Å². The number of aromatic nitrogens is 1. The lowest BCUT2D eigenvalue weighted by Gasteiger charge is -2.16. The predicted octanol–water partition coefficient (Wildman–Crippen LogP) is 4.08. The molecule has 0 saturated heterocycles. The number of aliphatic carboxylic acids is 1. The van der Waals surface area contributed by atoms with Crippen molar-refractivity contribution in [1.82, 2.24) is 10.3 Å². The fourth-order valence-corrected chi connectivity index (χ4v) is 3.69. The Hall–Kier alpha value is -3.41. The van der Waals surface area contributed by atoms with Crippen molar-refractivity contribution in [3.05, 3.63) is 81.6 Å². The molecule has 1 heterocycles. The van der Waals surface area contributed by atoms with Crippen molar-refractivity contribution in [2.45, 2.75) is 51.5 Å². The van der Waals surface area contributed by atoms with Crippen molar-refractivity contribution >= 4 is 22.8 Å². The summed E-state index contributed by atoms with van der Waals surface area (Å²) in [5.74, 6) is -1.59. The van der Waals surface area contributed by atoms with Crippen molar-refractivity contribution in [2.24, 2.45) is 0 Å². The summed E-state index contributed by atoms with van der Waals surface area (Å²) in [6.07, 6.45) is 5.70. The summed E-state index contributed by atoms with van der Waals surface area (Å²) in [7, 11) is 0. The molecular weight excluding hydrogens is 392 g/mol. The Labute approximate surface area is 181 Å². The molecule has 31 heavy (non-hydrogen) atoms. The molecule has 1 amide bonds. The van der Waals surface area contributed by atoms with Crippen molar-refractivity contribution in [3.63, 3.8) is 0 Å². The van der Waals surface area contributed by atoms with Gasteiger partial charge in [0.2, 0.25) is 5.56 Å². The molecule has 0 aliphatic rings. The van der Waals surface area contributed by atoms with Gasteiger partial charge in [0, 0.05) is 29.0 Å². The van der Waals surface area contributed by atoms with Gasteiger partial charge in [-0.2, -0.15) is 0 Å². The van der Waals surface area contributed by atoms with Crippen molar-refractivity contribution in [2.75, 3.05) is 0 Å². The van der Waals surface area contributed by atoms with Crippen LogP contribution in [0.2, 0.25) is 0 Å². The average Bonchev–Trinajstić information content (AvgIpc) is 2.76. The van der Waals surface area contributed by atoms with Gasteiger partial charge >= 0.3 is 5.97 Å². The Morgan fingerprint density at radius 2 is 1.77 bits per heavy atom. The fourth-order valence-electron chi connectivity index (χ4n) is 3.69. The van der Waals surface area contributed by atoms with Gasteiger partial charge in [-0.25, -0.2) is 4.79 Å². The van der Waals surface area contributed by atoms with Crippen LogP contribution in [-0.2, 0) is 17.6 Å². The number of hydrogen-bond donors (Lipinski definition) is 3. The van der Waals surface area contributed by atoms with Crippen LogP contribution in [0.5, 0.6) is 0 Å². The number of aryl methyl sites for hydroxylation is 1. The number of benzene rings is 2. The zero-order valence-electron chi connectivity index (χ0n) is 17.7. The molecule has 0 aliphatic carbocycles. The van der Waals surface area contributed by atoms with E-state index in [9.17, 15) is 19.5 Å². The van der Waals surface area contributed by atoms with Gasteiger partial charge in [-0.05, 0) is 42.2 Å². The molecule has 2 aromatic carbocycles. The number of carboxylic acids is 1. The van der Waals surface area contributed by atoms with Gasteiger partial charge in [-0.1, -0.05) is 56.5 Å². The summed E-state index contributed by atoms with van der Waals surface area (Å²) in [6.45, 7) is 2.18. The lowest BCUT2D eigenvalue weighted by molar-refractivity contribution is -0.139. The second-order valence-electron chi connectivity index (χ2n) is 7.78. The van der Waals surface area contributed by atoms with Crippen LogP contribution in [0.25, 0.3) is 10.9 Å². The molecule has 6 heteroatoms. The molecule has 162 valence electrons. The SMILES string of the molecule is CCCCCCc1ccc(C(=O)NC(Cc2cc(=O)[nH]c3ccccc23)C(=O)O)cc1. The lowest BCUT2D eigenvalue weighted by Crippen LogP contribution is -2.42. The average molecular weight is 421 g/mol. The molecule has 3 aromatic rings. The van der Waals surface area contributed by atoms with E-state index in [4.69, 9.17) is 0 Å². The topological polar surface area (TPSA) is 99.3 Å². The molecule has 1 aromatic heterocycles. The van der Waals surface area contributed by atoms with Gasteiger partial charge in [-0.3, -0.25) is 9.59 Å². The monoisotopic (exact) mass is 420 g/mol. The third-order valence-corrected chi connectivity index (χ3v) is 5.40. The number of fused-ring (bicyclic) bond motifs is 1. The van der Waals surface area contributed by atoms with Crippen LogP contribution >= 0.6 is 0 Å². The molecule has 0 fully saturated rings. The number of hydrogen-bond acceptors (Lipinski definition) is 3. The minimum absolute atomic E-state index is 0.0149. The first-order valence-electron chi connectivity index (χ1n) is 10.7. The van der Waals surface area contributed by atoms with Crippen LogP contribution < -0.4 is 10.9 Å². The van der Waals surface area contributed by atoms with E-state index in [1.165, 1.54) is 25.3 Å². The van der Waals surface area contributed by atoms with Crippen LogP contribution in [-0.4, -0.2) is 28.0 Å². The second-order valence-corrected chi connectivity index (χ2v) is 7.78. The number of rotatable bonds is 10. The number of para-hydroxylation sites is 1. The highest BCUT2D eigenvalue weighted by molar-refractivity contribution is 5.96. The first kappa shape index (κ1) is 22.3. The van der Waals surface area contributed by atoms with Gasteiger partial charge in [0.05, 0.1) is 0 Å². The Balaban J connectivity index is 1.70. The van der Waals surface area contributed by atoms with E-state index < -0.39 is 17.9 Å². The Kier molecular flexibility index (Phi) is 7.60. The van der Waals surface area contributed by atoms with E-state index in [-0.39, 0.29) is 12.0 Å². The van der Waals surface area contributed by atoms with E-state index in [1.807, 2.05) is 24.3 Å². The molecule has 1 unspecified atom stereocenters. The highest BCUT2D eigenvalue weighted by atomic mass is 16.4. The first-order chi connectivity index (χ1) is 15.0. The fraction of sp³-hybridized carbons (Fsp3) is 0.320. The quantitative estimate of drug-likeness (QED) is 0.430. The number of carbonyl (C=O) groups excluding carboxylic acids is 1. The van der Waals surface area contributed by atoms with Crippen LogP contribution in [0.4, 0.5) is 0 Å². The van der Waals surface area contributed by atoms with Gasteiger partial charge in [0.1, 0.15) is 6.04 Å². The number of aromatic amines is 1. The third-order valence-electron chi connectivity index (χ3n) is 5.40. The molecular formula is C25H28N2O4. The number of nitrogens with one attached hydrogen (secondary N) is 2. The number of carboxylic acid groups (broad SMARTS) is 1. The standard InChI is InChI=1S/C25H28N2O4/c1-2-3-4-5-8-17-11-13-18(14-12-17)24(29)27-22(25(30)31)15-19-16-23(28)26-21-10-7-6-9-20(19)21/h6-7,9-14,16,22H,2-5,8,15H2,1H3,(H,26,28)(H,27,29)(H,30,31). The molecule has 0 radical (unpaired) electrons. The van der Waals surface area contributed by atoms with E-state index in [2.05, 4.69) is 17.2 Å². The van der Waals surface area contributed by atoms with Gasteiger partial charge < -0.3 is 15.4 Å². The molecule has 3 rings (SSSR count). The Bertz CT molecular complexity index is 1100. The Morgan fingerprint density at radius 3 is 2.48 bits per heavy atom. The maximum Gasteiger partial charge on any atom is 0.326 e. The van der Waals surface area contributed by atoms with E-state index in [0.717, 1.165) is 23.8 Å². The minimum atomic E-state index is -1.15. The summed E-state index contributed by atoms with van der Waals surface area (Å²) in [6, 6.07) is 14.7. The highest BCUT2D eigenvalue weighted by Gasteiger charge is 2.22. The number of amides is 1. The van der Waals surface area contributed by atoms with E-state index in [0.29, 0.717) is 16.6 Å². The zero-order chi connectivity index (χ0) is 22.2. The summed E-state index contributed by atoms with van der Waals surface area (Å²) in [5.41, 5.74) is 2.49. The van der Waals surface area contributed by atoms with Crippen molar-refractivity contribution < 1.29 is 14.7 Å². The minimum Gasteiger partial charge on any atom is -0.480 e.